The summed E-state index contributed by atoms with van der Waals surface area (Å²) in [6.07, 6.45) is -0.403. The third-order valence-corrected chi connectivity index (χ3v) is 9.70. The van der Waals surface area contributed by atoms with Crippen molar-refractivity contribution in [2.24, 2.45) is 5.92 Å². The predicted octanol–water partition coefficient (Wildman–Crippen LogP) is 6.16. The summed E-state index contributed by atoms with van der Waals surface area (Å²) in [6.45, 7) is 5.12. The highest BCUT2D eigenvalue weighted by molar-refractivity contribution is 7.92. The molecule has 3 atom stereocenters. The molecule has 4 aromatic rings. The van der Waals surface area contributed by atoms with Crippen molar-refractivity contribution in [2.75, 3.05) is 31.5 Å². The zero-order valence-corrected chi connectivity index (χ0v) is 27.1. The fourth-order valence-electron chi connectivity index (χ4n) is 5.48. The van der Waals surface area contributed by atoms with Crippen molar-refractivity contribution >= 4 is 33.2 Å². The normalized spacial score (nSPS) is 17.6. The molecule has 45 heavy (non-hydrogen) atoms. The molecule has 0 fully saturated rings. The largest absolute Gasteiger partial charge is 0.486 e. The number of anilines is 1. The first kappa shape index (κ1) is 32.5. The summed E-state index contributed by atoms with van der Waals surface area (Å²) in [5.41, 5.74) is 3.82. The maximum Gasteiger partial charge on any atom is 0.262 e. The highest BCUT2D eigenvalue weighted by Gasteiger charge is 2.35. The van der Waals surface area contributed by atoms with E-state index in [2.05, 4.69) is 46.0 Å². The second-order valence-electron chi connectivity index (χ2n) is 11.6. The fraction of sp³-hybridized carbons (Fsp3) is 0.286. The zero-order chi connectivity index (χ0) is 32.1. The third-order valence-electron chi connectivity index (χ3n) is 8.06. The molecule has 0 saturated carbocycles. The summed E-state index contributed by atoms with van der Waals surface area (Å²) in [4.78, 5) is 17.6. The van der Waals surface area contributed by atoms with Gasteiger partial charge in [0.05, 0.1) is 28.8 Å². The lowest BCUT2D eigenvalue weighted by Gasteiger charge is -2.38. The molecule has 10 heteroatoms. The van der Waals surface area contributed by atoms with Gasteiger partial charge in [-0.25, -0.2) is 8.42 Å². The van der Waals surface area contributed by atoms with Gasteiger partial charge >= 0.3 is 0 Å². The first-order valence-electron chi connectivity index (χ1n) is 14.9. The smallest absolute Gasteiger partial charge is 0.262 e. The summed E-state index contributed by atoms with van der Waals surface area (Å²) >= 11 is 5.97. The molecule has 0 saturated heterocycles. The van der Waals surface area contributed by atoms with Gasteiger partial charge in [0.2, 0.25) is 0 Å². The number of hydrogen-bond acceptors (Lipinski definition) is 6. The van der Waals surface area contributed by atoms with Crippen LogP contribution >= 0.6 is 11.6 Å². The molecule has 1 aliphatic heterocycles. The molecule has 0 bridgehead atoms. The molecule has 1 heterocycles. The van der Waals surface area contributed by atoms with E-state index >= 15 is 0 Å². The molecule has 0 unspecified atom stereocenters. The first-order valence-corrected chi connectivity index (χ1v) is 16.7. The molecule has 4 aromatic carbocycles. The number of fused-ring (bicyclic) bond motifs is 1. The molecule has 0 spiro atoms. The van der Waals surface area contributed by atoms with Crippen LogP contribution in [-0.2, 0) is 16.6 Å². The summed E-state index contributed by atoms with van der Waals surface area (Å²) in [5.74, 6) is -0.316. The standard InChI is InChI=1S/C35H38ClN3O5S/c1-24-20-39(25(2)23-40)35(41)31-10-7-11-32(37-45(42,43)30-18-16-29(36)17-19-30)34(31)44-33(24)22-38(3)21-26-12-14-28(15-13-26)27-8-5-4-6-9-27/h4-19,24-25,33,37,40H,20-23H2,1-3H3/t24-,25-,33+/m0/s1. The molecule has 0 radical (unpaired) electrons. The Bertz CT molecular complexity index is 1720. The van der Waals surface area contributed by atoms with Crippen molar-refractivity contribution in [3.63, 3.8) is 0 Å². The van der Waals surface area contributed by atoms with Crippen molar-refractivity contribution in [1.82, 2.24) is 9.80 Å². The third kappa shape index (κ3) is 7.68. The van der Waals surface area contributed by atoms with Crippen LogP contribution in [0.3, 0.4) is 0 Å². The van der Waals surface area contributed by atoms with Gasteiger partial charge in [-0.2, -0.15) is 0 Å². The highest BCUT2D eigenvalue weighted by atomic mass is 35.5. The van der Waals surface area contributed by atoms with Crippen molar-refractivity contribution in [2.45, 2.75) is 37.4 Å². The Morgan fingerprint density at radius 3 is 2.31 bits per heavy atom. The Labute approximate surface area is 270 Å². The molecule has 2 N–H and O–H groups in total. The molecule has 8 nitrogen and oxygen atoms in total. The van der Waals surface area contributed by atoms with E-state index < -0.39 is 22.2 Å². The van der Waals surface area contributed by atoms with Crippen LogP contribution in [0.2, 0.25) is 5.02 Å². The van der Waals surface area contributed by atoms with E-state index in [1.165, 1.54) is 24.3 Å². The second-order valence-corrected chi connectivity index (χ2v) is 13.7. The average molecular weight is 648 g/mol. The molecule has 0 aliphatic carbocycles. The number of nitrogens with one attached hydrogen (secondary N) is 1. The number of carbonyl (C=O) groups is 1. The molecule has 0 aromatic heterocycles. The molecule has 5 rings (SSSR count). The van der Waals surface area contributed by atoms with Gasteiger partial charge in [0, 0.05) is 30.6 Å². The Morgan fingerprint density at radius 1 is 0.978 bits per heavy atom. The van der Waals surface area contributed by atoms with Crippen LogP contribution in [0.4, 0.5) is 5.69 Å². The van der Waals surface area contributed by atoms with Gasteiger partial charge in [-0.05, 0) is 67.1 Å². The lowest BCUT2D eigenvalue weighted by atomic mass is 9.98. The Hall–Kier alpha value is -3.89. The maximum atomic E-state index is 13.8. The van der Waals surface area contributed by atoms with Crippen LogP contribution in [0.25, 0.3) is 11.1 Å². The number of halogens is 1. The van der Waals surface area contributed by atoms with E-state index in [9.17, 15) is 18.3 Å². The number of likely N-dealkylation sites (N-methyl/N-ethyl adjacent to an activating group) is 1. The maximum absolute atomic E-state index is 13.8. The van der Waals surface area contributed by atoms with Crippen LogP contribution in [0.1, 0.15) is 29.8 Å². The number of para-hydroxylation sites is 1. The Kier molecular flexibility index (Phi) is 10.1. The van der Waals surface area contributed by atoms with Crippen LogP contribution in [0.5, 0.6) is 5.75 Å². The number of hydrogen-bond donors (Lipinski definition) is 2. The van der Waals surface area contributed by atoms with Crippen LogP contribution in [-0.4, -0.2) is 68.1 Å². The number of sulfonamides is 1. The quantitative estimate of drug-likeness (QED) is 0.214. The minimum absolute atomic E-state index is 0.0279. The van der Waals surface area contributed by atoms with Gasteiger partial charge < -0.3 is 14.7 Å². The first-order chi connectivity index (χ1) is 21.6. The van der Waals surface area contributed by atoms with Crippen LogP contribution < -0.4 is 9.46 Å². The van der Waals surface area contributed by atoms with Gasteiger partial charge in [-0.1, -0.05) is 79.2 Å². The molecule has 1 aliphatic rings. The van der Waals surface area contributed by atoms with Crippen LogP contribution in [0.15, 0.2) is 102 Å². The summed E-state index contributed by atoms with van der Waals surface area (Å²) in [7, 11) is -2.01. The van der Waals surface area contributed by atoms with Gasteiger partial charge in [0.15, 0.2) is 5.75 Å². The van der Waals surface area contributed by atoms with E-state index in [-0.39, 0.29) is 40.3 Å². The zero-order valence-electron chi connectivity index (χ0n) is 25.6. The van der Waals surface area contributed by atoms with Crippen molar-refractivity contribution in [3.05, 3.63) is 113 Å². The van der Waals surface area contributed by atoms with Crippen molar-refractivity contribution in [3.8, 4) is 16.9 Å². The van der Waals surface area contributed by atoms with E-state index in [4.69, 9.17) is 16.3 Å². The highest BCUT2D eigenvalue weighted by Crippen LogP contribution is 2.36. The minimum Gasteiger partial charge on any atom is -0.486 e. The Morgan fingerprint density at radius 2 is 1.64 bits per heavy atom. The number of aliphatic hydroxyl groups excluding tert-OH is 1. The lowest BCUT2D eigenvalue weighted by Crippen LogP contribution is -2.49. The number of benzene rings is 4. The molecule has 1 amide bonds. The number of aliphatic hydroxyl groups is 1. The average Bonchev–Trinajstić information content (AvgIpc) is 3.03. The Balaban J connectivity index is 1.42. The monoisotopic (exact) mass is 647 g/mol. The molecule has 236 valence electrons. The number of carbonyl (C=O) groups excluding carboxylic acids is 1. The van der Waals surface area contributed by atoms with E-state index in [1.807, 2.05) is 32.2 Å². The van der Waals surface area contributed by atoms with E-state index in [0.29, 0.717) is 24.7 Å². The van der Waals surface area contributed by atoms with Gasteiger partial charge in [-0.15, -0.1) is 0 Å². The summed E-state index contributed by atoms with van der Waals surface area (Å²) in [6, 6.07) is 28.9. The van der Waals surface area contributed by atoms with Gasteiger partial charge in [0.25, 0.3) is 15.9 Å². The molecular weight excluding hydrogens is 610 g/mol. The number of rotatable bonds is 10. The minimum atomic E-state index is -4.02. The van der Waals surface area contributed by atoms with Crippen LogP contribution in [0, 0.1) is 5.92 Å². The lowest BCUT2D eigenvalue weighted by molar-refractivity contribution is 0.0344. The molecular formula is C35H38ClN3O5S. The summed E-state index contributed by atoms with van der Waals surface area (Å²) < 4.78 is 35.9. The SMILES string of the molecule is C[C@H]1CN([C@@H](C)CO)C(=O)c2cccc(NS(=O)(=O)c3ccc(Cl)cc3)c2O[C@@H]1CN(C)Cc1ccc(-c2ccccc2)cc1. The van der Waals surface area contributed by atoms with E-state index in [0.717, 1.165) is 16.7 Å². The van der Waals surface area contributed by atoms with Gasteiger partial charge in [0.1, 0.15) is 6.10 Å². The summed E-state index contributed by atoms with van der Waals surface area (Å²) in [5, 5.41) is 10.4. The topological polar surface area (TPSA) is 99.2 Å². The predicted molar refractivity (Wildman–Crippen MR) is 178 cm³/mol. The fourth-order valence-corrected chi connectivity index (χ4v) is 6.66. The van der Waals surface area contributed by atoms with E-state index in [1.54, 1.807) is 30.0 Å². The number of ether oxygens (including phenoxy) is 1. The number of nitrogens with zero attached hydrogens (tertiary/aromatic N) is 2. The number of amides is 1. The van der Waals surface area contributed by atoms with Gasteiger partial charge in [-0.3, -0.25) is 14.4 Å². The second kappa shape index (κ2) is 14.0. The van der Waals surface area contributed by atoms with Crippen molar-refractivity contribution in [1.29, 1.82) is 0 Å². The van der Waals surface area contributed by atoms with Crippen molar-refractivity contribution < 1.29 is 23.1 Å².